The van der Waals surface area contributed by atoms with Crippen molar-refractivity contribution in [2.75, 3.05) is 20.1 Å². The lowest BCUT2D eigenvalue weighted by atomic mass is 9.97. The monoisotopic (exact) mass is 272 g/mol. The SMILES string of the molecule is CN1CCC(c2ccc(-c3cc(C(=O)O)no3)cc2)C1. The van der Waals surface area contributed by atoms with Crippen molar-refractivity contribution in [1.82, 2.24) is 10.1 Å². The fourth-order valence-corrected chi connectivity index (χ4v) is 2.64. The van der Waals surface area contributed by atoms with Crippen molar-refractivity contribution in [2.45, 2.75) is 12.3 Å². The molecule has 0 aliphatic carbocycles. The van der Waals surface area contributed by atoms with E-state index in [-0.39, 0.29) is 5.69 Å². The molecule has 20 heavy (non-hydrogen) atoms. The summed E-state index contributed by atoms with van der Waals surface area (Å²) in [4.78, 5) is 13.1. The first-order valence-electron chi connectivity index (χ1n) is 6.62. The molecule has 1 aliphatic heterocycles. The minimum atomic E-state index is -1.08. The van der Waals surface area contributed by atoms with Gasteiger partial charge in [0.25, 0.3) is 0 Å². The highest BCUT2D eigenvalue weighted by molar-refractivity contribution is 5.86. The molecule has 1 saturated heterocycles. The molecule has 1 fully saturated rings. The second-order valence-electron chi connectivity index (χ2n) is 5.25. The average molecular weight is 272 g/mol. The standard InChI is InChI=1S/C15H16N2O3/c1-17-7-6-12(9-17)10-2-4-11(5-3-10)14-8-13(15(18)19)16-20-14/h2-5,8,12H,6-7,9H2,1H3,(H,18,19). The Kier molecular flexibility index (Phi) is 3.28. The van der Waals surface area contributed by atoms with Crippen LogP contribution >= 0.6 is 0 Å². The summed E-state index contributed by atoms with van der Waals surface area (Å²) in [5.74, 6) is -0.0125. The number of aromatic carboxylic acids is 1. The molecule has 1 aliphatic rings. The molecule has 1 atom stereocenters. The number of aromatic nitrogens is 1. The molecule has 0 amide bonds. The van der Waals surface area contributed by atoms with Crippen LogP contribution in [0, 0.1) is 0 Å². The first-order valence-corrected chi connectivity index (χ1v) is 6.62. The van der Waals surface area contributed by atoms with Crippen LogP contribution in [0.15, 0.2) is 34.9 Å². The summed E-state index contributed by atoms with van der Waals surface area (Å²) in [5.41, 5.74) is 2.10. The second kappa shape index (κ2) is 5.09. The topological polar surface area (TPSA) is 66.6 Å². The minimum absolute atomic E-state index is 0.0681. The molecule has 0 bridgehead atoms. The maximum Gasteiger partial charge on any atom is 0.358 e. The Morgan fingerprint density at radius 3 is 2.70 bits per heavy atom. The third-order valence-electron chi connectivity index (χ3n) is 3.79. The Labute approximate surface area is 116 Å². The van der Waals surface area contributed by atoms with Crippen molar-refractivity contribution in [2.24, 2.45) is 0 Å². The zero-order chi connectivity index (χ0) is 14.1. The summed E-state index contributed by atoms with van der Waals surface area (Å²) in [6.07, 6.45) is 1.18. The quantitative estimate of drug-likeness (QED) is 0.929. The van der Waals surface area contributed by atoms with Gasteiger partial charge >= 0.3 is 5.97 Å². The van der Waals surface area contributed by atoms with Gasteiger partial charge in [0.1, 0.15) is 0 Å². The fraction of sp³-hybridized carbons (Fsp3) is 0.333. The number of benzene rings is 1. The number of carboxylic acid groups (broad SMARTS) is 1. The number of hydrogen-bond acceptors (Lipinski definition) is 4. The van der Waals surface area contributed by atoms with Crippen molar-refractivity contribution in [3.63, 3.8) is 0 Å². The third-order valence-corrected chi connectivity index (χ3v) is 3.79. The van der Waals surface area contributed by atoms with Crippen LogP contribution in [-0.2, 0) is 0 Å². The molecule has 3 rings (SSSR count). The van der Waals surface area contributed by atoms with Gasteiger partial charge in [0.2, 0.25) is 0 Å². The Balaban J connectivity index is 1.80. The Bertz CT molecular complexity index is 618. The van der Waals surface area contributed by atoms with Crippen LogP contribution in [0.5, 0.6) is 0 Å². The number of likely N-dealkylation sites (N-methyl/N-ethyl adjacent to an activating group) is 1. The average Bonchev–Trinajstić information content (AvgIpc) is 3.08. The van der Waals surface area contributed by atoms with Gasteiger partial charge in [-0.3, -0.25) is 0 Å². The number of rotatable bonds is 3. The first kappa shape index (κ1) is 12.9. The molecule has 2 heterocycles. The molecule has 5 heteroatoms. The van der Waals surface area contributed by atoms with Gasteiger partial charge in [0.15, 0.2) is 11.5 Å². The smallest absolute Gasteiger partial charge is 0.358 e. The van der Waals surface area contributed by atoms with Crippen LogP contribution in [-0.4, -0.2) is 41.3 Å². The highest BCUT2D eigenvalue weighted by Crippen LogP contribution is 2.28. The van der Waals surface area contributed by atoms with E-state index in [0.717, 1.165) is 18.7 Å². The van der Waals surface area contributed by atoms with Gasteiger partial charge in [-0.25, -0.2) is 4.79 Å². The molecule has 0 radical (unpaired) electrons. The van der Waals surface area contributed by atoms with Crippen LogP contribution < -0.4 is 0 Å². The lowest BCUT2D eigenvalue weighted by molar-refractivity contribution is 0.0686. The van der Waals surface area contributed by atoms with E-state index in [9.17, 15) is 4.79 Å². The highest BCUT2D eigenvalue weighted by atomic mass is 16.5. The van der Waals surface area contributed by atoms with Crippen molar-refractivity contribution in [1.29, 1.82) is 0 Å². The van der Waals surface area contributed by atoms with Crippen LogP contribution in [0.3, 0.4) is 0 Å². The van der Waals surface area contributed by atoms with Gasteiger partial charge in [-0.05, 0) is 31.5 Å². The molecule has 5 nitrogen and oxygen atoms in total. The van der Waals surface area contributed by atoms with Crippen LogP contribution in [0.4, 0.5) is 0 Å². The maximum atomic E-state index is 10.8. The van der Waals surface area contributed by atoms with Gasteiger partial charge in [-0.1, -0.05) is 29.4 Å². The summed E-state index contributed by atoms with van der Waals surface area (Å²) in [7, 11) is 2.14. The van der Waals surface area contributed by atoms with E-state index in [2.05, 4.69) is 29.2 Å². The number of nitrogens with zero attached hydrogens (tertiary/aromatic N) is 2. The number of hydrogen-bond donors (Lipinski definition) is 1. The third kappa shape index (κ3) is 2.44. The van der Waals surface area contributed by atoms with Gasteiger partial charge in [-0.15, -0.1) is 0 Å². The Morgan fingerprint density at radius 2 is 2.15 bits per heavy atom. The number of carboxylic acids is 1. The van der Waals surface area contributed by atoms with Crippen molar-refractivity contribution in [3.05, 3.63) is 41.6 Å². The largest absolute Gasteiger partial charge is 0.476 e. The van der Waals surface area contributed by atoms with Gasteiger partial charge in [0.05, 0.1) is 0 Å². The molecule has 2 aromatic rings. The predicted octanol–water partition coefficient (Wildman–Crippen LogP) is 2.46. The van der Waals surface area contributed by atoms with Crippen LogP contribution in [0.2, 0.25) is 0 Å². The van der Waals surface area contributed by atoms with E-state index in [0.29, 0.717) is 11.7 Å². The van der Waals surface area contributed by atoms with Crippen molar-refractivity contribution >= 4 is 5.97 Å². The zero-order valence-corrected chi connectivity index (χ0v) is 11.2. The summed E-state index contributed by atoms with van der Waals surface area (Å²) < 4.78 is 5.06. The zero-order valence-electron chi connectivity index (χ0n) is 11.2. The first-order chi connectivity index (χ1) is 9.63. The highest BCUT2D eigenvalue weighted by Gasteiger charge is 2.21. The summed E-state index contributed by atoms with van der Waals surface area (Å²) in [6.45, 7) is 2.22. The van der Waals surface area contributed by atoms with Crippen LogP contribution in [0.25, 0.3) is 11.3 Å². The number of carbonyl (C=O) groups is 1. The molecular formula is C15H16N2O3. The van der Waals surface area contributed by atoms with Crippen molar-refractivity contribution < 1.29 is 14.4 Å². The summed E-state index contributed by atoms with van der Waals surface area (Å²) in [5, 5.41) is 12.4. The molecule has 1 aromatic heterocycles. The lowest BCUT2D eigenvalue weighted by Crippen LogP contribution is -2.13. The lowest BCUT2D eigenvalue weighted by Gasteiger charge is -2.10. The Morgan fingerprint density at radius 1 is 1.40 bits per heavy atom. The molecule has 0 saturated carbocycles. The van der Waals surface area contributed by atoms with Crippen LogP contribution in [0.1, 0.15) is 28.4 Å². The molecule has 1 N–H and O–H groups in total. The summed E-state index contributed by atoms with van der Waals surface area (Å²) in [6, 6.07) is 9.53. The number of likely N-dealkylation sites (tertiary alicyclic amines) is 1. The molecule has 104 valence electrons. The van der Waals surface area contributed by atoms with E-state index >= 15 is 0 Å². The Hall–Kier alpha value is -2.14. The van der Waals surface area contributed by atoms with E-state index in [4.69, 9.17) is 9.63 Å². The van der Waals surface area contributed by atoms with E-state index < -0.39 is 5.97 Å². The van der Waals surface area contributed by atoms with Gasteiger partial charge in [-0.2, -0.15) is 0 Å². The fourth-order valence-electron chi connectivity index (χ4n) is 2.64. The molecule has 1 unspecified atom stereocenters. The van der Waals surface area contributed by atoms with E-state index in [1.807, 2.05) is 12.1 Å². The molecule has 1 aromatic carbocycles. The van der Waals surface area contributed by atoms with Crippen molar-refractivity contribution in [3.8, 4) is 11.3 Å². The maximum absolute atomic E-state index is 10.8. The second-order valence-corrected chi connectivity index (χ2v) is 5.25. The molecule has 0 spiro atoms. The summed E-state index contributed by atoms with van der Waals surface area (Å²) >= 11 is 0. The van der Waals surface area contributed by atoms with Gasteiger partial charge < -0.3 is 14.5 Å². The van der Waals surface area contributed by atoms with E-state index in [1.54, 1.807) is 0 Å². The molecular weight excluding hydrogens is 256 g/mol. The minimum Gasteiger partial charge on any atom is -0.476 e. The van der Waals surface area contributed by atoms with Gasteiger partial charge in [0, 0.05) is 18.2 Å². The normalized spacial score (nSPS) is 19.4. The van der Waals surface area contributed by atoms with E-state index in [1.165, 1.54) is 18.1 Å². The predicted molar refractivity (Wildman–Crippen MR) is 73.8 cm³/mol.